The Bertz CT molecular complexity index is 678. The summed E-state index contributed by atoms with van der Waals surface area (Å²) >= 11 is 3.26. The lowest BCUT2D eigenvalue weighted by Gasteiger charge is -2.06. The second kappa shape index (κ2) is 6.78. The third kappa shape index (κ3) is 3.65. The van der Waals surface area contributed by atoms with Crippen LogP contribution in [0.2, 0.25) is 0 Å². The molecule has 1 atom stereocenters. The maximum Gasteiger partial charge on any atom is 0.170 e. The number of hydrogen-bond donors (Lipinski definition) is 0. The maximum absolute atomic E-state index is 12.4. The summed E-state index contributed by atoms with van der Waals surface area (Å²) in [6.07, 6.45) is 8.81. The molecule has 0 saturated carbocycles. The van der Waals surface area contributed by atoms with Crippen LogP contribution in [0.15, 0.2) is 57.6 Å². The van der Waals surface area contributed by atoms with Crippen molar-refractivity contribution in [3.8, 4) is 0 Å². The van der Waals surface area contributed by atoms with Crippen molar-refractivity contribution in [2.75, 3.05) is 6.54 Å². The van der Waals surface area contributed by atoms with Crippen LogP contribution >= 0.6 is 22.7 Å². The summed E-state index contributed by atoms with van der Waals surface area (Å²) in [5.41, 5.74) is 1.75. The third-order valence-corrected chi connectivity index (χ3v) is 4.86. The van der Waals surface area contributed by atoms with Crippen molar-refractivity contribution in [2.45, 2.75) is 6.42 Å². The third-order valence-electron chi connectivity index (χ3n) is 3.34. The van der Waals surface area contributed by atoms with Crippen molar-refractivity contribution in [3.05, 3.63) is 63.0 Å². The quantitative estimate of drug-likeness (QED) is 0.751. The normalized spacial score (nSPS) is 18.7. The molecule has 0 spiro atoms. The molecule has 0 N–H and O–H groups in total. The molecular formula is C17H15NOS2. The highest BCUT2D eigenvalue weighted by Gasteiger charge is 2.18. The fourth-order valence-electron chi connectivity index (χ4n) is 2.20. The molecule has 0 aliphatic carbocycles. The van der Waals surface area contributed by atoms with E-state index in [1.54, 1.807) is 22.7 Å². The predicted molar refractivity (Wildman–Crippen MR) is 91.6 cm³/mol. The van der Waals surface area contributed by atoms with E-state index in [4.69, 9.17) is 0 Å². The number of allylic oxidation sites excluding steroid dienone is 3. The van der Waals surface area contributed by atoms with E-state index >= 15 is 0 Å². The van der Waals surface area contributed by atoms with E-state index in [9.17, 15) is 4.79 Å². The molecule has 21 heavy (non-hydrogen) atoms. The number of ketones is 1. The van der Waals surface area contributed by atoms with Crippen LogP contribution in [0.3, 0.4) is 0 Å². The Balaban J connectivity index is 1.69. The van der Waals surface area contributed by atoms with Crippen LogP contribution in [-0.4, -0.2) is 18.0 Å². The second-order valence-electron chi connectivity index (χ2n) is 4.79. The fourth-order valence-corrected chi connectivity index (χ4v) is 3.46. The van der Waals surface area contributed by atoms with Gasteiger partial charge in [0.1, 0.15) is 0 Å². The molecule has 3 heterocycles. The summed E-state index contributed by atoms with van der Waals surface area (Å²) in [5.74, 6) is 0.141. The average molecular weight is 313 g/mol. The first-order chi connectivity index (χ1) is 10.3. The largest absolute Gasteiger partial charge is 0.293 e. The topological polar surface area (TPSA) is 29.4 Å². The first-order valence-electron chi connectivity index (χ1n) is 6.83. The van der Waals surface area contributed by atoms with E-state index in [-0.39, 0.29) is 11.7 Å². The van der Waals surface area contributed by atoms with Gasteiger partial charge in [0, 0.05) is 28.3 Å². The highest BCUT2D eigenvalue weighted by atomic mass is 32.1. The van der Waals surface area contributed by atoms with E-state index < -0.39 is 0 Å². The molecule has 0 fully saturated rings. The molecule has 3 rings (SSSR count). The summed E-state index contributed by atoms with van der Waals surface area (Å²) in [6.45, 7) is 0.692. The summed E-state index contributed by atoms with van der Waals surface area (Å²) in [4.78, 5) is 18.1. The number of carbonyl (C=O) groups is 1. The lowest BCUT2D eigenvalue weighted by atomic mass is 9.96. The van der Waals surface area contributed by atoms with E-state index in [2.05, 4.69) is 22.5 Å². The molecule has 0 saturated heterocycles. The van der Waals surface area contributed by atoms with Crippen molar-refractivity contribution in [1.29, 1.82) is 0 Å². The van der Waals surface area contributed by atoms with Gasteiger partial charge in [-0.15, -0.1) is 11.3 Å². The maximum atomic E-state index is 12.4. The minimum atomic E-state index is -0.0593. The number of thiophene rings is 2. The number of nitrogens with zero attached hydrogens (tertiary/aromatic N) is 1. The van der Waals surface area contributed by atoms with Crippen LogP contribution in [0, 0.1) is 5.92 Å². The van der Waals surface area contributed by atoms with Gasteiger partial charge in [0.2, 0.25) is 0 Å². The van der Waals surface area contributed by atoms with Gasteiger partial charge in [0.25, 0.3) is 0 Å². The van der Waals surface area contributed by atoms with Gasteiger partial charge >= 0.3 is 0 Å². The molecule has 0 amide bonds. The van der Waals surface area contributed by atoms with Gasteiger partial charge in [0.15, 0.2) is 5.78 Å². The molecule has 2 aromatic heterocycles. The molecule has 0 radical (unpaired) electrons. The van der Waals surface area contributed by atoms with Gasteiger partial charge in [-0.1, -0.05) is 12.1 Å². The number of hydrogen-bond acceptors (Lipinski definition) is 4. The Hall–Kier alpha value is -1.78. The highest BCUT2D eigenvalue weighted by molar-refractivity contribution is 7.10. The Kier molecular flexibility index (Phi) is 4.58. The van der Waals surface area contributed by atoms with E-state index in [0.717, 1.165) is 17.7 Å². The summed E-state index contributed by atoms with van der Waals surface area (Å²) in [5, 5.41) is 5.92. The second-order valence-corrected chi connectivity index (χ2v) is 6.55. The van der Waals surface area contributed by atoms with Crippen LogP contribution in [0.5, 0.6) is 0 Å². The molecule has 0 bridgehead atoms. The Labute approximate surface area is 132 Å². The van der Waals surface area contributed by atoms with Crippen molar-refractivity contribution >= 4 is 40.2 Å². The van der Waals surface area contributed by atoms with Crippen LogP contribution in [-0.2, 0) is 0 Å². The Morgan fingerprint density at radius 2 is 2.24 bits per heavy atom. The van der Waals surface area contributed by atoms with Crippen LogP contribution in [0.1, 0.15) is 21.7 Å². The number of aliphatic imine (C=N–C) groups is 1. The van der Waals surface area contributed by atoms with Crippen LogP contribution in [0.25, 0.3) is 6.08 Å². The van der Waals surface area contributed by atoms with Crippen molar-refractivity contribution in [2.24, 2.45) is 10.9 Å². The van der Waals surface area contributed by atoms with Crippen LogP contribution < -0.4 is 0 Å². The first kappa shape index (κ1) is 14.2. The number of carbonyl (C=O) groups excluding carboxylic acids is 1. The van der Waals surface area contributed by atoms with Crippen LogP contribution in [0.4, 0.5) is 0 Å². The molecule has 1 aliphatic heterocycles. The lowest BCUT2D eigenvalue weighted by molar-refractivity contribution is 0.0942. The summed E-state index contributed by atoms with van der Waals surface area (Å²) in [7, 11) is 0. The zero-order valence-electron chi connectivity index (χ0n) is 11.4. The van der Waals surface area contributed by atoms with E-state index in [1.807, 2.05) is 41.1 Å². The zero-order chi connectivity index (χ0) is 14.5. The SMILES string of the molecule is O=C(c1ccsc1)C1C=CC(/C=C/c2cccs2)=NCC1. The molecule has 4 heteroatoms. The first-order valence-corrected chi connectivity index (χ1v) is 8.66. The predicted octanol–water partition coefficient (Wildman–Crippen LogP) is 4.72. The monoisotopic (exact) mass is 313 g/mol. The van der Waals surface area contributed by atoms with Gasteiger partial charge in [-0.05, 0) is 47.5 Å². The van der Waals surface area contributed by atoms with Crippen molar-refractivity contribution in [3.63, 3.8) is 0 Å². The van der Waals surface area contributed by atoms with Crippen molar-refractivity contribution < 1.29 is 4.79 Å². The molecule has 1 unspecified atom stereocenters. The minimum absolute atomic E-state index is 0.0593. The lowest BCUT2D eigenvalue weighted by Crippen LogP contribution is -2.12. The van der Waals surface area contributed by atoms with Crippen molar-refractivity contribution in [1.82, 2.24) is 0 Å². The van der Waals surface area contributed by atoms with Gasteiger partial charge < -0.3 is 0 Å². The Morgan fingerprint density at radius 3 is 3.00 bits per heavy atom. The van der Waals surface area contributed by atoms with Gasteiger partial charge in [-0.2, -0.15) is 11.3 Å². The molecule has 106 valence electrons. The standard InChI is InChI=1S/C17H15NOS2/c19-17(14-8-11-20-12-14)13-3-4-15(18-9-7-13)5-6-16-2-1-10-21-16/h1-6,8,10-13H,7,9H2/b6-5+. The summed E-state index contributed by atoms with van der Waals surface area (Å²) < 4.78 is 0. The minimum Gasteiger partial charge on any atom is -0.293 e. The van der Waals surface area contributed by atoms with Gasteiger partial charge in [0.05, 0.1) is 5.71 Å². The molecular weight excluding hydrogens is 298 g/mol. The molecule has 2 nitrogen and oxygen atoms in total. The van der Waals surface area contributed by atoms with E-state index in [0.29, 0.717) is 6.54 Å². The Morgan fingerprint density at radius 1 is 1.29 bits per heavy atom. The summed E-state index contributed by atoms with van der Waals surface area (Å²) in [6, 6.07) is 6.00. The van der Waals surface area contributed by atoms with Gasteiger partial charge in [-0.3, -0.25) is 9.79 Å². The average Bonchev–Trinajstić information content (AvgIpc) is 3.15. The zero-order valence-corrected chi connectivity index (χ0v) is 13.1. The molecule has 0 aromatic carbocycles. The fraction of sp³-hybridized carbons (Fsp3) is 0.176. The smallest absolute Gasteiger partial charge is 0.170 e. The van der Waals surface area contributed by atoms with E-state index in [1.165, 1.54) is 4.88 Å². The van der Waals surface area contributed by atoms with Gasteiger partial charge in [-0.25, -0.2) is 0 Å². The molecule has 1 aliphatic rings. The highest BCUT2D eigenvalue weighted by Crippen LogP contribution is 2.19. The molecule has 2 aromatic rings. The number of Topliss-reactive ketones (excluding diaryl/α,β-unsaturated/α-hetero) is 1. The number of rotatable bonds is 4.